The first-order valence-electron chi connectivity index (χ1n) is 6.72. The van der Waals surface area contributed by atoms with Gasteiger partial charge in [-0.1, -0.05) is 36.4 Å². The Labute approximate surface area is 114 Å². The average Bonchev–Trinajstić information content (AvgIpc) is 2.45. The van der Waals surface area contributed by atoms with Gasteiger partial charge in [0, 0.05) is 17.2 Å². The van der Waals surface area contributed by atoms with Crippen LogP contribution < -0.4 is 10.6 Å². The zero-order chi connectivity index (χ0) is 12.5. The Balaban J connectivity index is 1.54. The molecule has 2 rings (SSSR count). The maximum absolute atomic E-state index is 2.27. The average molecular weight is 276 g/mol. The van der Waals surface area contributed by atoms with Crippen molar-refractivity contribution in [1.29, 1.82) is 0 Å². The van der Waals surface area contributed by atoms with Crippen LogP contribution in [0.5, 0.6) is 0 Å². The molecule has 0 bridgehead atoms. The molecule has 0 aliphatic carbocycles. The Morgan fingerprint density at radius 2 is 0.944 bits per heavy atom. The summed E-state index contributed by atoms with van der Waals surface area (Å²) >= 11 is 0. The lowest BCUT2D eigenvalue weighted by atomic mass is 10.4. The van der Waals surface area contributed by atoms with Crippen LogP contribution in [0, 0.1) is 0 Å². The summed E-state index contributed by atoms with van der Waals surface area (Å²) in [5, 5.41) is 3.13. The summed E-state index contributed by atoms with van der Waals surface area (Å²) < 4.78 is 0. The predicted octanol–water partition coefficient (Wildman–Crippen LogP) is 3.24. The second-order valence-electron chi connectivity index (χ2n) is 4.51. The monoisotopic (exact) mass is 276 g/mol. The zero-order valence-corrected chi connectivity index (χ0v) is 13.1. The van der Waals surface area contributed by atoms with Gasteiger partial charge in [-0.25, -0.2) is 0 Å². The lowest BCUT2D eigenvalue weighted by molar-refractivity contribution is 0.905. The largest absolute Gasteiger partial charge is 0.0889 e. The minimum atomic E-state index is 0.499. The molecule has 0 heterocycles. The number of hydrogen-bond acceptors (Lipinski definition) is 0. The van der Waals surface area contributed by atoms with E-state index < -0.39 is 0 Å². The van der Waals surface area contributed by atoms with E-state index in [0.29, 0.717) is 17.2 Å². The number of unbranched alkanes of at least 4 members (excludes halogenated alkanes) is 1. The van der Waals surface area contributed by atoms with Crippen LogP contribution >= 0.6 is 17.2 Å². The molecule has 2 heteroatoms. The smallest absolute Gasteiger partial charge is 0.0620 e. The SMILES string of the molecule is c1ccc([PH2+]CCCC[PH2+]c2ccccc2)cc1. The van der Waals surface area contributed by atoms with Gasteiger partial charge in [0.2, 0.25) is 0 Å². The summed E-state index contributed by atoms with van der Waals surface area (Å²) in [4.78, 5) is 0. The van der Waals surface area contributed by atoms with Crippen molar-refractivity contribution in [3.8, 4) is 0 Å². The lowest BCUT2D eigenvalue weighted by Crippen LogP contribution is -1.96. The van der Waals surface area contributed by atoms with E-state index in [9.17, 15) is 0 Å². The molecule has 0 aromatic heterocycles. The molecule has 2 aromatic carbocycles. The minimum Gasteiger partial charge on any atom is -0.0620 e. The second kappa shape index (κ2) is 8.41. The van der Waals surface area contributed by atoms with Crippen LogP contribution in [-0.4, -0.2) is 12.3 Å². The van der Waals surface area contributed by atoms with Gasteiger partial charge in [0.15, 0.2) is 0 Å². The van der Waals surface area contributed by atoms with Gasteiger partial charge in [-0.15, -0.1) is 0 Å². The fourth-order valence-electron chi connectivity index (χ4n) is 2.00. The Bertz CT molecular complexity index is 382. The van der Waals surface area contributed by atoms with Crippen molar-refractivity contribution in [2.24, 2.45) is 0 Å². The fraction of sp³-hybridized carbons (Fsp3) is 0.250. The first kappa shape index (κ1) is 13.7. The maximum Gasteiger partial charge on any atom is 0.0889 e. The third-order valence-corrected chi connectivity index (χ3v) is 6.12. The molecular weight excluding hydrogens is 254 g/mol. The molecule has 0 aliphatic rings. The van der Waals surface area contributed by atoms with Gasteiger partial charge < -0.3 is 0 Å². The topological polar surface area (TPSA) is 0 Å². The number of rotatable bonds is 7. The van der Waals surface area contributed by atoms with Crippen LogP contribution in [0.3, 0.4) is 0 Å². The summed E-state index contributed by atoms with van der Waals surface area (Å²) in [6.07, 6.45) is 5.64. The summed E-state index contributed by atoms with van der Waals surface area (Å²) in [7, 11) is 0.999. The van der Waals surface area contributed by atoms with Crippen molar-refractivity contribution in [1.82, 2.24) is 0 Å². The summed E-state index contributed by atoms with van der Waals surface area (Å²) in [5.41, 5.74) is 0. The fourth-order valence-corrected chi connectivity index (χ4v) is 4.65. The molecule has 0 aliphatic heterocycles. The van der Waals surface area contributed by atoms with Crippen LogP contribution in [0.15, 0.2) is 60.7 Å². The Morgan fingerprint density at radius 1 is 0.556 bits per heavy atom. The molecule has 0 fully saturated rings. The van der Waals surface area contributed by atoms with E-state index in [1.807, 2.05) is 0 Å². The van der Waals surface area contributed by atoms with Crippen molar-refractivity contribution in [2.45, 2.75) is 12.8 Å². The lowest BCUT2D eigenvalue weighted by Gasteiger charge is -1.96. The van der Waals surface area contributed by atoms with Gasteiger partial charge in [0.05, 0.1) is 22.9 Å². The van der Waals surface area contributed by atoms with E-state index in [-0.39, 0.29) is 0 Å². The standard InChI is InChI=1S/C16H20P2/c1-3-9-15(10-4-1)17-13-7-8-14-18-16-11-5-2-6-12-16/h1-6,9-12,17-18H,7-8,13-14H2/p+2. The molecule has 0 nitrogen and oxygen atoms in total. The zero-order valence-electron chi connectivity index (χ0n) is 10.8. The highest BCUT2D eigenvalue weighted by atomic mass is 31.1. The number of benzene rings is 2. The molecular formula is C16H22P2+2. The van der Waals surface area contributed by atoms with Crippen LogP contribution in [0.1, 0.15) is 12.8 Å². The van der Waals surface area contributed by atoms with Gasteiger partial charge in [-0.05, 0) is 37.1 Å². The first-order chi connectivity index (χ1) is 8.95. The highest BCUT2D eigenvalue weighted by Gasteiger charge is 2.02. The van der Waals surface area contributed by atoms with Crippen molar-refractivity contribution < 1.29 is 0 Å². The molecule has 0 saturated heterocycles. The molecule has 0 amide bonds. The molecule has 0 spiro atoms. The first-order valence-corrected chi connectivity index (χ1v) is 9.50. The van der Waals surface area contributed by atoms with Crippen LogP contribution in [0.4, 0.5) is 0 Å². The molecule has 18 heavy (non-hydrogen) atoms. The number of hydrogen-bond donors (Lipinski definition) is 0. The Hall–Kier alpha value is -0.700. The highest BCUT2D eigenvalue weighted by Crippen LogP contribution is 2.16. The molecule has 2 atom stereocenters. The highest BCUT2D eigenvalue weighted by molar-refractivity contribution is 7.47. The van der Waals surface area contributed by atoms with Crippen LogP contribution in [-0.2, 0) is 0 Å². The van der Waals surface area contributed by atoms with Crippen LogP contribution in [0.2, 0.25) is 0 Å². The molecule has 0 saturated carbocycles. The van der Waals surface area contributed by atoms with Gasteiger partial charge >= 0.3 is 0 Å². The van der Waals surface area contributed by atoms with E-state index in [1.54, 1.807) is 10.6 Å². The summed E-state index contributed by atoms with van der Waals surface area (Å²) in [6.45, 7) is 0. The van der Waals surface area contributed by atoms with Crippen LogP contribution in [0.25, 0.3) is 0 Å². The van der Waals surface area contributed by atoms with Crippen molar-refractivity contribution in [3.05, 3.63) is 60.7 Å². The van der Waals surface area contributed by atoms with E-state index in [1.165, 1.54) is 25.2 Å². The van der Waals surface area contributed by atoms with E-state index >= 15 is 0 Å². The minimum absolute atomic E-state index is 0.499. The third kappa shape index (κ3) is 5.30. The van der Waals surface area contributed by atoms with Gasteiger partial charge in [-0.2, -0.15) is 0 Å². The molecule has 0 radical (unpaired) electrons. The Kier molecular flexibility index (Phi) is 6.41. The molecule has 2 unspecified atom stereocenters. The van der Waals surface area contributed by atoms with Gasteiger partial charge in [0.25, 0.3) is 0 Å². The van der Waals surface area contributed by atoms with Crippen molar-refractivity contribution in [3.63, 3.8) is 0 Å². The van der Waals surface area contributed by atoms with E-state index in [2.05, 4.69) is 60.7 Å². The molecule has 94 valence electrons. The Morgan fingerprint density at radius 3 is 1.33 bits per heavy atom. The predicted molar refractivity (Wildman–Crippen MR) is 90.5 cm³/mol. The molecule has 2 aromatic rings. The maximum atomic E-state index is 2.27. The second-order valence-corrected chi connectivity index (χ2v) is 7.82. The van der Waals surface area contributed by atoms with E-state index in [4.69, 9.17) is 0 Å². The molecule has 0 N–H and O–H groups in total. The normalized spacial score (nSPS) is 11.8. The quantitative estimate of drug-likeness (QED) is 0.538. The van der Waals surface area contributed by atoms with Gasteiger partial charge in [0.1, 0.15) is 0 Å². The van der Waals surface area contributed by atoms with Crippen molar-refractivity contribution in [2.75, 3.05) is 12.3 Å². The third-order valence-electron chi connectivity index (χ3n) is 3.02. The summed E-state index contributed by atoms with van der Waals surface area (Å²) in [6, 6.07) is 21.9. The van der Waals surface area contributed by atoms with E-state index in [0.717, 1.165) is 0 Å². The van der Waals surface area contributed by atoms with Gasteiger partial charge in [-0.3, -0.25) is 0 Å². The summed E-state index contributed by atoms with van der Waals surface area (Å²) in [5.74, 6) is 0. The van der Waals surface area contributed by atoms with Crippen molar-refractivity contribution >= 4 is 27.8 Å².